The first kappa shape index (κ1) is 29.4. The number of rotatable bonds is 4. The summed E-state index contributed by atoms with van der Waals surface area (Å²) in [5.74, 6) is 2.61. The molecule has 2 aromatic heterocycles. The number of nitrogens with zero attached hydrogens (tertiary/aromatic N) is 6. The maximum atomic E-state index is 17.1. The van der Waals surface area contributed by atoms with Crippen LogP contribution in [0.25, 0.3) is 32.9 Å². The van der Waals surface area contributed by atoms with E-state index in [1.54, 1.807) is 6.07 Å². The van der Waals surface area contributed by atoms with Gasteiger partial charge in [0.15, 0.2) is 5.82 Å². The molecule has 10 nitrogen and oxygen atoms in total. The first-order chi connectivity index (χ1) is 23.3. The lowest BCUT2D eigenvalue weighted by atomic mass is 9.95. The molecule has 4 unspecified atom stereocenters. The zero-order valence-electron chi connectivity index (χ0n) is 26.4. The van der Waals surface area contributed by atoms with E-state index >= 15 is 4.39 Å². The molecule has 1 N–H and O–H groups in total. The normalized spacial score (nSPS) is 29.0. The van der Waals surface area contributed by atoms with E-state index in [4.69, 9.17) is 25.9 Å². The molecule has 6 atom stereocenters. The van der Waals surface area contributed by atoms with Crippen molar-refractivity contribution in [1.29, 1.82) is 0 Å². The van der Waals surface area contributed by atoms with Crippen molar-refractivity contribution in [3.8, 4) is 35.5 Å². The fourth-order valence-corrected chi connectivity index (χ4v) is 9.27. The number of piperazine rings is 1. The summed E-state index contributed by atoms with van der Waals surface area (Å²) >= 11 is 0. The van der Waals surface area contributed by atoms with E-state index in [-0.39, 0.29) is 41.8 Å². The molecule has 1 amide bonds. The first-order valence-electron chi connectivity index (χ1n) is 16.6. The second kappa shape index (κ2) is 10.6. The van der Waals surface area contributed by atoms with Crippen molar-refractivity contribution in [2.45, 2.75) is 75.0 Å². The lowest BCUT2D eigenvalue weighted by Gasteiger charge is -2.47. The van der Waals surface area contributed by atoms with E-state index in [9.17, 15) is 14.3 Å². The van der Waals surface area contributed by atoms with Crippen molar-refractivity contribution in [3.63, 3.8) is 0 Å². The second-order valence-electron chi connectivity index (χ2n) is 13.8. The average molecular weight is 653 g/mol. The minimum absolute atomic E-state index is 0.0124. The Morgan fingerprint density at radius 2 is 2.00 bits per heavy atom. The number of pyridine rings is 1. The summed E-state index contributed by atoms with van der Waals surface area (Å²) in [6.45, 7) is 3.59. The molecule has 0 saturated carbocycles. The molecule has 2 aromatic carbocycles. The number of halogens is 2. The van der Waals surface area contributed by atoms with E-state index in [1.807, 2.05) is 42.2 Å². The Bertz CT molecular complexity index is 2050. The van der Waals surface area contributed by atoms with Crippen LogP contribution >= 0.6 is 0 Å². The third kappa shape index (κ3) is 4.19. The SMILES string of the molecule is C#Cc1cccc2cccc(-c3nc4c5c(nc(OC[C@@]67CCCN6C[C@H](F)C7)nc5c3F)N3CC5CCC(C3C(C)O4)N5C(=O)O)c12. The summed E-state index contributed by atoms with van der Waals surface area (Å²) in [6.07, 6.45) is 6.95. The minimum Gasteiger partial charge on any atom is -0.472 e. The van der Waals surface area contributed by atoms with Crippen LogP contribution in [-0.2, 0) is 0 Å². The molecule has 0 spiro atoms. The number of hydrogen-bond acceptors (Lipinski definition) is 8. The number of ether oxygens (including phenoxy) is 2. The fraction of sp³-hybridized carbons (Fsp3) is 0.444. The number of anilines is 1. The predicted octanol–water partition coefficient (Wildman–Crippen LogP) is 5.40. The van der Waals surface area contributed by atoms with Gasteiger partial charge < -0.3 is 19.5 Å². The molecule has 7 heterocycles. The van der Waals surface area contributed by atoms with E-state index in [0.717, 1.165) is 24.8 Å². The molecule has 4 fully saturated rings. The molecule has 0 radical (unpaired) electrons. The molecule has 0 aliphatic carbocycles. The zero-order chi connectivity index (χ0) is 32.9. The van der Waals surface area contributed by atoms with Crippen LogP contribution in [0.2, 0.25) is 0 Å². The predicted molar refractivity (Wildman–Crippen MR) is 175 cm³/mol. The zero-order valence-corrected chi connectivity index (χ0v) is 26.4. The number of alkyl halides is 1. The number of terminal acetylenes is 1. The van der Waals surface area contributed by atoms with Crippen LogP contribution in [0.5, 0.6) is 11.9 Å². The van der Waals surface area contributed by atoms with Crippen molar-refractivity contribution < 1.29 is 28.2 Å². The van der Waals surface area contributed by atoms with Crippen LogP contribution in [0, 0.1) is 18.2 Å². The molecule has 4 aromatic rings. The van der Waals surface area contributed by atoms with Crippen molar-refractivity contribution in [2.24, 2.45) is 0 Å². The highest BCUT2D eigenvalue weighted by molar-refractivity contribution is 6.03. The van der Waals surface area contributed by atoms with Gasteiger partial charge in [0.05, 0.1) is 23.7 Å². The monoisotopic (exact) mass is 652 g/mol. The third-order valence-electron chi connectivity index (χ3n) is 11.2. The molecule has 2 bridgehead atoms. The highest BCUT2D eigenvalue weighted by Gasteiger charge is 2.53. The van der Waals surface area contributed by atoms with Gasteiger partial charge in [-0.2, -0.15) is 9.97 Å². The number of benzene rings is 2. The van der Waals surface area contributed by atoms with Gasteiger partial charge in [-0.05, 0) is 50.6 Å². The quantitative estimate of drug-likeness (QED) is 0.290. The number of aromatic nitrogens is 3. The summed E-state index contributed by atoms with van der Waals surface area (Å²) in [5.41, 5.74) is 0.649. The van der Waals surface area contributed by atoms with Crippen molar-refractivity contribution in [3.05, 3.63) is 47.8 Å². The van der Waals surface area contributed by atoms with E-state index in [2.05, 4.69) is 15.8 Å². The Balaban J connectivity index is 1.24. The molecule has 5 aliphatic heterocycles. The van der Waals surface area contributed by atoms with Crippen LogP contribution in [0.1, 0.15) is 44.6 Å². The smallest absolute Gasteiger partial charge is 0.407 e. The molecule has 48 heavy (non-hydrogen) atoms. The van der Waals surface area contributed by atoms with Gasteiger partial charge in [0.25, 0.3) is 0 Å². The van der Waals surface area contributed by atoms with Gasteiger partial charge >= 0.3 is 12.1 Å². The molecule has 5 aliphatic rings. The Morgan fingerprint density at radius 3 is 2.81 bits per heavy atom. The molecule has 12 heteroatoms. The highest BCUT2D eigenvalue weighted by Crippen LogP contribution is 2.47. The number of amides is 1. The van der Waals surface area contributed by atoms with Crippen molar-refractivity contribution in [2.75, 3.05) is 31.1 Å². The van der Waals surface area contributed by atoms with E-state index in [1.165, 1.54) is 4.90 Å². The van der Waals surface area contributed by atoms with Crippen LogP contribution in [0.4, 0.5) is 19.4 Å². The fourth-order valence-electron chi connectivity index (χ4n) is 9.27. The molecular formula is C36H34F2N6O4. The third-order valence-corrected chi connectivity index (χ3v) is 11.2. The van der Waals surface area contributed by atoms with Crippen molar-refractivity contribution in [1.82, 2.24) is 24.8 Å². The van der Waals surface area contributed by atoms with Gasteiger partial charge in [0.2, 0.25) is 5.88 Å². The average Bonchev–Trinajstić information content (AvgIpc) is 3.69. The summed E-state index contributed by atoms with van der Waals surface area (Å²) in [6, 6.07) is 10.1. The van der Waals surface area contributed by atoms with Gasteiger partial charge in [0.1, 0.15) is 41.3 Å². The number of carboxylic acid groups (broad SMARTS) is 1. The van der Waals surface area contributed by atoms with Gasteiger partial charge in [-0.3, -0.25) is 9.80 Å². The summed E-state index contributed by atoms with van der Waals surface area (Å²) in [7, 11) is 0. The summed E-state index contributed by atoms with van der Waals surface area (Å²) in [5, 5.41) is 12.0. The van der Waals surface area contributed by atoms with Gasteiger partial charge in [-0.1, -0.05) is 36.3 Å². The Morgan fingerprint density at radius 1 is 1.17 bits per heavy atom. The van der Waals surface area contributed by atoms with Crippen LogP contribution in [0.3, 0.4) is 0 Å². The van der Waals surface area contributed by atoms with Gasteiger partial charge in [-0.25, -0.2) is 18.6 Å². The maximum Gasteiger partial charge on any atom is 0.407 e. The maximum absolute atomic E-state index is 17.1. The van der Waals surface area contributed by atoms with Gasteiger partial charge in [-0.15, -0.1) is 6.42 Å². The van der Waals surface area contributed by atoms with Gasteiger partial charge in [0, 0.05) is 36.0 Å². The number of hydrogen-bond donors (Lipinski definition) is 1. The summed E-state index contributed by atoms with van der Waals surface area (Å²) in [4.78, 5) is 32.5. The van der Waals surface area contributed by atoms with Crippen LogP contribution in [-0.4, -0.2) is 98.1 Å². The second-order valence-corrected chi connectivity index (χ2v) is 13.8. The Kier molecular flexibility index (Phi) is 6.50. The van der Waals surface area contributed by atoms with Crippen LogP contribution < -0.4 is 14.4 Å². The standard InChI is InChI=1S/C36H34F2N6O4/c1-3-20-7-4-8-21-9-5-10-24(26(20)21)29-28(38)30-27-32(41-34(40-30)47-18-36-13-6-14-42(36)16-22(37)15-36)43-17-23-11-12-25(44(23)35(45)46)31(43)19(2)48-33(27)39-29/h1,4-5,7-10,19,22-23,25,31H,6,11-18H2,2H3,(H,45,46)/t19?,22-,23?,25?,31?,36+/m1/s1. The largest absolute Gasteiger partial charge is 0.472 e. The Labute approximate surface area is 275 Å². The lowest BCUT2D eigenvalue weighted by molar-refractivity contribution is 0.0706. The molecular weight excluding hydrogens is 618 g/mol. The highest BCUT2D eigenvalue weighted by atomic mass is 19.1. The van der Waals surface area contributed by atoms with E-state index in [0.29, 0.717) is 60.1 Å². The number of fused-ring (bicyclic) bond motifs is 7. The molecule has 246 valence electrons. The molecule has 4 saturated heterocycles. The summed E-state index contributed by atoms with van der Waals surface area (Å²) < 4.78 is 44.6. The van der Waals surface area contributed by atoms with Crippen molar-refractivity contribution >= 4 is 33.6 Å². The minimum atomic E-state index is -0.970. The number of carbonyl (C=O) groups is 1. The topological polar surface area (TPSA) is 104 Å². The lowest BCUT2D eigenvalue weighted by Crippen LogP contribution is -2.64. The molecule has 9 rings (SSSR count). The van der Waals surface area contributed by atoms with E-state index < -0.39 is 35.8 Å². The first-order valence-corrected chi connectivity index (χ1v) is 16.6. The van der Waals surface area contributed by atoms with Crippen LogP contribution in [0.15, 0.2) is 36.4 Å². The Hall–Kier alpha value is -4.76.